The van der Waals surface area contributed by atoms with Gasteiger partial charge in [0, 0.05) is 22.8 Å². The summed E-state index contributed by atoms with van der Waals surface area (Å²) < 4.78 is 10.5. The topological polar surface area (TPSA) is 29.4 Å². The predicted molar refractivity (Wildman–Crippen MR) is 48.0 cm³/mol. The van der Waals surface area contributed by atoms with E-state index in [2.05, 4.69) is 22.4 Å². The van der Waals surface area contributed by atoms with Gasteiger partial charge in [0.25, 0.3) is 0 Å². The summed E-state index contributed by atoms with van der Waals surface area (Å²) in [5.41, 5.74) is 0. The highest BCUT2D eigenvalue weighted by Gasteiger charge is 1.80. The molecule has 1 atom stereocenters. The van der Waals surface area contributed by atoms with Gasteiger partial charge in [0.05, 0.1) is 11.7 Å². The second-order valence-corrected chi connectivity index (χ2v) is 3.31. The second-order valence-electron chi connectivity index (χ2n) is 1.64. The SMILES string of the molecule is CS(=O)CC=CCN=C=S. The minimum Gasteiger partial charge on any atom is -0.260 e. The quantitative estimate of drug-likeness (QED) is 0.363. The van der Waals surface area contributed by atoms with Crippen molar-refractivity contribution in [1.82, 2.24) is 0 Å². The average Bonchev–Trinajstić information content (AvgIpc) is 1.87. The van der Waals surface area contributed by atoms with Gasteiger partial charge in [0.15, 0.2) is 0 Å². The maximum atomic E-state index is 10.5. The largest absolute Gasteiger partial charge is 0.260 e. The Kier molecular flexibility index (Phi) is 6.59. The lowest BCUT2D eigenvalue weighted by atomic mass is 10.5. The van der Waals surface area contributed by atoms with E-state index in [-0.39, 0.29) is 0 Å². The zero-order valence-electron chi connectivity index (χ0n) is 5.74. The van der Waals surface area contributed by atoms with Crippen LogP contribution in [-0.4, -0.2) is 27.9 Å². The first-order valence-corrected chi connectivity index (χ1v) is 4.89. The highest BCUT2D eigenvalue weighted by atomic mass is 32.2. The molecule has 0 fully saturated rings. The Hall–Kier alpha value is -0.310. The minimum atomic E-state index is -0.746. The van der Waals surface area contributed by atoms with Gasteiger partial charge in [-0.15, -0.1) is 0 Å². The summed E-state index contributed by atoms with van der Waals surface area (Å²) >= 11 is 4.34. The summed E-state index contributed by atoms with van der Waals surface area (Å²) in [6.45, 7) is 0.542. The number of hydrogen-bond acceptors (Lipinski definition) is 3. The zero-order valence-corrected chi connectivity index (χ0v) is 7.37. The van der Waals surface area contributed by atoms with Gasteiger partial charge in [-0.25, -0.2) is 4.99 Å². The van der Waals surface area contributed by atoms with Crippen LogP contribution in [0.3, 0.4) is 0 Å². The molecule has 0 N–H and O–H groups in total. The predicted octanol–water partition coefficient (Wildman–Crippen LogP) is 1.02. The van der Waals surface area contributed by atoms with Crippen molar-refractivity contribution in [3.63, 3.8) is 0 Å². The van der Waals surface area contributed by atoms with E-state index in [0.717, 1.165) is 0 Å². The Morgan fingerprint density at radius 3 is 2.90 bits per heavy atom. The highest BCUT2D eigenvalue weighted by Crippen LogP contribution is 1.78. The first-order valence-electron chi connectivity index (χ1n) is 2.76. The monoisotopic (exact) mass is 175 g/mol. The third kappa shape index (κ3) is 7.69. The van der Waals surface area contributed by atoms with E-state index >= 15 is 0 Å². The number of nitrogens with zero attached hydrogens (tertiary/aromatic N) is 1. The lowest BCUT2D eigenvalue weighted by molar-refractivity contribution is 0.688. The van der Waals surface area contributed by atoms with Crippen molar-refractivity contribution in [3.05, 3.63) is 12.2 Å². The molecule has 0 saturated carbocycles. The Morgan fingerprint density at radius 2 is 2.40 bits per heavy atom. The molecule has 56 valence electrons. The molecule has 0 radical (unpaired) electrons. The fraction of sp³-hybridized carbons (Fsp3) is 0.500. The second kappa shape index (κ2) is 6.81. The number of aliphatic imine (C=N–C) groups is 1. The molecular weight excluding hydrogens is 166 g/mol. The smallest absolute Gasteiger partial charge is 0.0674 e. The Balaban J connectivity index is 3.38. The number of rotatable bonds is 4. The third-order valence-electron chi connectivity index (χ3n) is 0.759. The fourth-order valence-corrected chi connectivity index (χ4v) is 0.850. The van der Waals surface area contributed by atoms with E-state index in [1.165, 1.54) is 0 Å². The van der Waals surface area contributed by atoms with E-state index in [1.54, 1.807) is 6.26 Å². The van der Waals surface area contributed by atoms with Gasteiger partial charge >= 0.3 is 0 Å². The molecule has 2 nitrogen and oxygen atoms in total. The molecule has 0 saturated heterocycles. The number of thiocarbonyl (C=S) groups is 1. The lowest BCUT2D eigenvalue weighted by Crippen LogP contribution is -1.88. The van der Waals surface area contributed by atoms with Crippen molar-refractivity contribution >= 4 is 28.2 Å². The van der Waals surface area contributed by atoms with Crippen molar-refractivity contribution < 1.29 is 4.21 Å². The molecule has 0 aliphatic heterocycles. The molecule has 0 aromatic heterocycles. The lowest BCUT2D eigenvalue weighted by Gasteiger charge is -1.83. The van der Waals surface area contributed by atoms with Crippen molar-refractivity contribution in [1.29, 1.82) is 0 Å². The summed E-state index contributed by atoms with van der Waals surface area (Å²) in [5, 5.41) is 2.24. The number of isothiocyanates is 1. The van der Waals surface area contributed by atoms with E-state index in [9.17, 15) is 4.21 Å². The van der Waals surface area contributed by atoms with E-state index in [0.29, 0.717) is 12.3 Å². The molecular formula is C6H9NOS2. The summed E-state index contributed by atoms with van der Waals surface area (Å²) in [6, 6.07) is 0. The molecule has 0 spiro atoms. The van der Waals surface area contributed by atoms with E-state index in [4.69, 9.17) is 0 Å². The van der Waals surface area contributed by atoms with Gasteiger partial charge in [-0.2, -0.15) is 0 Å². The molecule has 0 amide bonds. The van der Waals surface area contributed by atoms with Gasteiger partial charge in [-0.1, -0.05) is 12.2 Å². The molecule has 4 heteroatoms. The molecule has 0 aromatic carbocycles. The molecule has 0 heterocycles. The van der Waals surface area contributed by atoms with Crippen LogP contribution in [0, 0.1) is 0 Å². The summed E-state index contributed by atoms with van der Waals surface area (Å²) in [6.07, 6.45) is 5.31. The Bertz CT molecular complexity index is 176. The van der Waals surface area contributed by atoms with Crippen LogP contribution in [-0.2, 0) is 10.8 Å². The third-order valence-corrected chi connectivity index (χ3v) is 1.55. The molecule has 10 heavy (non-hydrogen) atoms. The standard InChI is InChI=1S/C6H9NOS2/c1-10(8)5-3-2-4-7-6-9/h2-3H,4-5H2,1H3. The van der Waals surface area contributed by atoms with E-state index < -0.39 is 10.8 Å². The van der Waals surface area contributed by atoms with Crippen LogP contribution in [0.4, 0.5) is 0 Å². The van der Waals surface area contributed by atoms with Crippen LogP contribution in [0.25, 0.3) is 0 Å². The van der Waals surface area contributed by atoms with Crippen LogP contribution in [0.1, 0.15) is 0 Å². The van der Waals surface area contributed by atoms with Crippen molar-refractivity contribution in [2.75, 3.05) is 18.6 Å². The summed E-state index contributed by atoms with van der Waals surface area (Å²) in [4.78, 5) is 3.65. The van der Waals surface area contributed by atoms with Gasteiger partial charge in [0.1, 0.15) is 0 Å². The highest BCUT2D eigenvalue weighted by molar-refractivity contribution is 7.84. The maximum absolute atomic E-state index is 10.5. The van der Waals surface area contributed by atoms with Crippen molar-refractivity contribution in [2.45, 2.75) is 0 Å². The molecule has 0 bridgehead atoms. The Labute approximate surface area is 68.5 Å². The summed E-state index contributed by atoms with van der Waals surface area (Å²) in [5.74, 6) is 0.590. The molecule has 1 unspecified atom stereocenters. The fourth-order valence-electron chi connectivity index (χ4n) is 0.368. The van der Waals surface area contributed by atoms with Crippen molar-refractivity contribution in [2.24, 2.45) is 4.99 Å². The molecule has 0 aromatic rings. The van der Waals surface area contributed by atoms with E-state index in [1.807, 2.05) is 12.2 Å². The molecule has 0 aliphatic rings. The van der Waals surface area contributed by atoms with Crippen LogP contribution < -0.4 is 0 Å². The average molecular weight is 175 g/mol. The first-order chi connectivity index (χ1) is 4.77. The minimum absolute atomic E-state index is 0.542. The maximum Gasteiger partial charge on any atom is 0.0674 e. The molecule has 0 aliphatic carbocycles. The van der Waals surface area contributed by atoms with Gasteiger partial charge < -0.3 is 0 Å². The number of hydrogen-bond donors (Lipinski definition) is 0. The Morgan fingerprint density at radius 1 is 1.70 bits per heavy atom. The van der Waals surface area contributed by atoms with Crippen molar-refractivity contribution in [3.8, 4) is 0 Å². The van der Waals surface area contributed by atoms with Crippen LogP contribution in [0.15, 0.2) is 17.1 Å². The normalized spacial score (nSPS) is 12.9. The van der Waals surface area contributed by atoms with Gasteiger partial charge in [0.2, 0.25) is 0 Å². The van der Waals surface area contributed by atoms with Crippen LogP contribution in [0.5, 0.6) is 0 Å². The first kappa shape index (κ1) is 9.69. The molecule has 0 rings (SSSR count). The van der Waals surface area contributed by atoms with Gasteiger partial charge in [-0.05, 0) is 12.2 Å². The van der Waals surface area contributed by atoms with Crippen LogP contribution >= 0.6 is 12.2 Å². The van der Waals surface area contributed by atoms with Gasteiger partial charge in [-0.3, -0.25) is 4.21 Å². The summed E-state index contributed by atoms with van der Waals surface area (Å²) in [7, 11) is -0.746. The van der Waals surface area contributed by atoms with Crippen LogP contribution in [0.2, 0.25) is 0 Å². The zero-order chi connectivity index (χ0) is 7.82.